The van der Waals surface area contributed by atoms with Gasteiger partial charge in [-0.1, -0.05) is 27.7 Å². The molecular weight excluding hydrogens is 210 g/mol. The molecular formula is C11H25NO2S. The Balaban J connectivity index is 4.09. The summed E-state index contributed by atoms with van der Waals surface area (Å²) >= 11 is 0. The second kappa shape index (κ2) is 5.85. The maximum atomic E-state index is 11.0. The van der Waals surface area contributed by atoms with Crippen LogP contribution in [0, 0.1) is 5.41 Å². The van der Waals surface area contributed by atoms with Gasteiger partial charge in [-0.25, -0.2) is 8.42 Å². The molecule has 0 amide bonds. The molecule has 0 aromatic rings. The molecule has 0 aromatic carbocycles. The van der Waals surface area contributed by atoms with E-state index < -0.39 is 9.84 Å². The van der Waals surface area contributed by atoms with E-state index in [1.54, 1.807) is 0 Å². The van der Waals surface area contributed by atoms with Crippen LogP contribution in [0.1, 0.15) is 40.5 Å². The summed E-state index contributed by atoms with van der Waals surface area (Å²) < 4.78 is 22.0. The molecule has 0 rings (SSSR count). The molecule has 0 aromatic heterocycles. The molecule has 0 bridgehead atoms. The van der Waals surface area contributed by atoms with Crippen LogP contribution >= 0.6 is 0 Å². The quantitative estimate of drug-likeness (QED) is 0.764. The number of rotatable bonds is 6. The van der Waals surface area contributed by atoms with Gasteiger partial charge in [-0.2, -0.15) is 0 Å². The minimum Gasteiger partial charge on any atom is -0.314 e. The van der Waals surface area contributed by atoms with E-state index >= 15 is 0 Å². The summed E-state index contributed by atoms with van der Waals surface area (Å²) in [6, 6.07) is 0.393. The van der Waals surface area contributed by atoms with Crippen LogP contribution in [0.25, 0.3) is 0 Å². The molecule has 0 saturated heterocycles. The molecule has 0 aliphatic rings. The number of hydrogen-bond acceptors (Lipinski definition) is 3. The van der Waals surface area contributed by atoms with Crippen LogP contribution in [-0.2, 0) is 9.84 Å². The van der Waals surface area contributed by atoms with Crippen molar-refractivity contribution in [3.63, 3.8) is 0 Å². The van der Waals surface area contributed by atoms with Gasteiger partial charge in [-0.05, 0) is 24.8 Å². The number of hydrogen-bond donors (Lipinski definition) is 1. The van der Waals surface area contributed by atoms with Crippen molar-refractivity contribution in [1.29, 1.82) is 0 Å². The summed E-state index contributed by atoms with van der Waals surface area (Å²) in [5.74, 6) is 0.297. The van der Waals surface area contributed by atoms with Crippen molar-refractivity contribution in [2.24, 2.45) is 5.41 Å². The first kappa shape index (κ1) is 14.9. The van der Waals surface area contributed by atoms with Crippen molar-refractivity contribution < 1.29 is 8.42 Å². The van der Waals surface area contributed by atoms with Gasteiger partial charge in [-0.3, -0.25) is 0 Å². The average molecular weight is 235 g/mol. The topological polar surface area (TPSA) is 46.2 Å². The van der Waals surface area contributed by atoms with Gasteiger partial charge in [0.25, 0.3) is 0 Å². The Bertz CT molecular complexity index is 265. The van der Waals surface area contributed by atoms with E-state index in [0.717, 1.165) is 19.4 Å². The molecule has 0 aliphatic heterocycles. The molecule has 0 aliphatic carbocycles. The summed E-state index contributed by atoms with van der Waals surface area (Å²) in [5, 5.41) is 3.41. The molecule has 15 heavy (non-hydrogen) atoms. The Labute approximate surface area is 94.6 Å². The van der Waals surface area contributed by atoms with Crippen molar-refractivity contribution in [3.05, 3.63) is 0 Å². The zero-order chi connectivity index (χ0) is 12.1. The Hall–Kier alpha value is -0.0900. The third-order valence-electron chi connectivity index (χ3n) is 2.50. The Kier molecular flexibility index (Phi) is 5.81. The van der Waals surface area contributed by atoms with Gasteiger partial charge >= 0.3 is 0 Å². The van der Waals surface area contributed by atoms with Gasteiger partial charge in [0.2, 0.25) is 0 Å². The largest absolute Gasteiger partial charge is 0.314 e. The SMILES string of the molecule is CCNC(CCCS(C)(=O)=O)C(C)(C)C. The van der Waals surface area contributed by atoms with Crippen molar-refractivity contribution in [1.82, 2.24) is 5.32 Å². The monoisotopic (exact) mass is 235 g/mol. The van der Waals surface area contributed by atoms with E-state index in [9.17, 15) is 8.42 Å². The fraction of sp³-hybridized carbons (Fsp3) is 1.00. The van der Waals surface area contributed by atoms with Gasteiger partial charge in [0.1, 0.15) is 9.84 Å². The van der Waals surface area contributed by atoms with Gasteiger partial charge in [0, 0.05) is 18.1 Å². The number of sulfone groups is 1. The summed E-state index contributed by atoms with van der Waals surface area (Å²) in [4.78, 5) is 0. The minimum absolute atomic E-state index is 0.188. The van der Waals surface area contributed by atoms with Crippen LogP contribution in [0.3, 0.4) is 0 Å². The van der Waals surface area contributed by atoms with E-state index in [1.807, 2.05) is 0 Å². The second-order valence-electron chi connectivity index (χ2n) is 5.25. The Morgan fingerprint density at radius 2 is 1.80 bits per heavy atom. The molecule has 1 unspecified atom stereocenters. The highest BCUT2D eigenvalue weighted by Crippen LogP contribution is 2.22. The summed E-state index contributed by atoms with van der Waals surface area (Å²) in [6.45, 7) is 9.55. The Morgan fingerprint density at radius 3 is 2.13 bits per heavy atom. The molecule has 3 nitrogen and oxygen atoms in total. The lowest BCUT2D eigenvalue weighted by Crippen LogP contribution is -2.40. The first-order valence-electron chi connectivity index (χ1n) is 5.58. The zero-order valence-corrected chi connectivity index (χ0v) is 11.4. The van der Waals surface area contributed by atoms with Crippen LogP contribution in [0.2, 0.25) is 0 Å². The van der Waals surface area contributed by atoms with Crippen LogP contribution < -0.4 is 5.32 Å². The summed E-state index contributed by atoms with van der Waals surface area (Å²) in [7, 11) is -2.81. The highest BCUT2D eigenvalue weighted by atomic mass is 32.2. The molecule has 0 heterocycles. The standard InChI is InChI=1S/C11H25NO2S/c1-6-12-10(11(2,3)4)8-7-9-15(5,13)14/h10,12H,6-9H2,1-5H3. The highest BCUT2D eigenvalue weighted by Gasteiger charge is 2.23. The zero-order valence-electron chi connectivity index (χ0n) is 10.6. The molecule has 1 N–H and O–H groups in total. The maximum Gasteiger partial charge on any atom is 0.147 e. The molecule has 0 spiro atoms. The first-order valence-corrected chi connectivity index (χ1v) is 7.64. The average Bonchev–Trinajstić information content (AvgIpc) is 1.98. The molecule has 1 atom stereocenters. The van der Waals surface area contributed by atoms with E-state index in [1.165, 1.54) is 6.26 Å². The minimum atomic E-state index is -2.81. The lowest BCUT2D eigenvalue weighted by molar-refractivity contribution is 0.257. The van der Waals surface area contributed by atoms with E-state index in [4.69, 9.17) is 0 Å². The summed E-state index contributed by atoms with van der Waals surface area (Å²) in [6.07, 6.45) is 2.96. The van der Waals surface area contributed by atoms with Crippen molar-refractivity contribution in [2.45, 2.75) is 46.6 Å². The lowest BCUT2D eigenvalue weighted by Gasteiger charge is -2.31. The van der Waals surface area contributed by atoms with E-state index in [0.29, 0.717) is 11.8 Å². The summed E-state index contributed by atoms with van der Waals surface area (Å²) in [5.41, 5.74) is 0.188. The van der Waals surface area contributed by atoms with Gasteiger partial charge in [0.05, 0.1) is 0 Å². The maximum absolute atomic E-state index is 11.0. The van der Waals surface area contributed by atoms with Crippen LogP contribution in [0.5, 0.6) is 0 Å². The normalized spacial score (nSPS) is 15.3. The van der Waals surface area contributed by atoms with Crippen LogP contribution in [-0.4, -0.2) is 33.0 Å². The fourth-order valence-corrected chi connectivity index (χ4v) is 2.33. The highest BCUT2D eigenvalue weighted by molar-refractivity contribution is 7.90. The van der Waals surface area contributed by atoms with Crippen LogP contribution in [0.15, 0.2) is 0 Å². The van der Waals surface area contributed by atoms with Crippen LogP contribution in [0.4, 0.5) is 0 Å². The molecule has 0 radical (unpaired) electrons. The van der Waals surface area contributed by atoms with Crippen molar-refractivity contribution >= 4 is 9.84 Å². The van der Waals surface area contributed by atoms with Crippen molar-refractivity contribution in [2.75, 3.05) is 18.6 Å². The van der Waals surface area contributed by atoms with Gasteiger partial charge < -0.3 is 5.32 Å². The molecule has 92 valence electrons. The third-order valence-corrected chi connectivity index (χ3v) is 3.53. The number of nitrogens with one attached hydrogen (secondary N) is 1. The van der Waals surface area contributed by atoms with E-state index in [-0.39, 0.29) is 5.41 Å². The Morgan fingerprint density at radius 1 is 1.27 bits per heavy atom. The second-order valence-corrected chi connectivity index (χ2v) is 7.51. The third kappa shape index (κ3) is 7.79. The lowest BCUT2D eigenvalue weighted by atomic mass is 9.84. The van der Waals surface area contributed by atoms with Crippen molar-refractivity contribution in [3.8, 4) is 0 Å². The fourth-order valence-electron chi connectivity index (χ4n) is 1.64. The molecule has 4 heteroatoms. The predicted molar refractivity (Wildman–Crippen MR) is 65.9 cm³/mol. The van der Waals surface area contributed by atoms with E-state index in [2.05, 4.69) is 33.0 Å². The predicted octanol–water partition coefficient (Wildman–Crippen LogP) is 1.84. The first-order chi connectivity index (χ1) is 6.67. The van der Waals surface area contributed by atoms with Gasteiger partial charge in [-0.15, -0.1) is 0 Å². The molecule has 0 saturated carbocycles. The molecule has 0 fully saturated rings. The van der Waals surface area contributed by atoms with Gasteiger partial charge in [0.15, 0.2) is 0 Å². The smallest absolute Gasteiger partial charge is 0.147 e.